The fourth-order valence-corrected chi connectivity index (χ4v) is 5.28. The molecule has 2 saturated heterocycles. The average Bonchev–Trinajstić information content (AvgIpc) is 3.50. The molecule has 2 aliphatic heterocycles. The van der Waals surface area contributed by atoms with Crippen molar-refractivity contribution in [2.24, 2.45) is 5.92 Å². The van der Waals surface area contributed by atoms with Crippen molar-refractivity contribution in [3.8, 4) is 5.75 Å². The first-order valence-electron chi connectivity index (χ1n) is 12.5. The fraction of sp³-hybridized carbons (Fsp3) is 0.100. The highest BCUT2D eigenvalue weighted by Crippen LogP contribution is 2.48. The molecule has 3 atom stereocenters. The van der Waals surface area contributed by atoms with Crippen LogP contribution in [0.15, 0.2) is 103 Å². The molecule has 0 aromatic heterocycles. The second kappa shape index (κ2) is 10.5. The zero-order chi connectivity index (χ0) is 28.7. The summed E-state index contributed by atoms with van der Waals surface area (Å²) >= 11 is 6.32. The summed E-state index contributed by atoms with van der Waals surface area (Å²) in [5, 5.41) is 13.0. The Balaban J connectivity index is 1.37. The third kappa shape index (κ3) is 4.69. The Kier molecular flexibility index (Phi) is 6.70. The minimum Gasteiger partial charge on any atom is -0.423 e. The number of hydroxylamine groups is 1. The summed E-state index contributed by atoms with van der Waals surface area (Å²) in [5.41, 5.74) is 1.30. The summed E-state index contributed by atoms with van der Waals surface area (Å²) in [7, 11) is 0. The molecule has 0 spiro atoms. The summed E-state index contributed by atoms with van der Waals surface area (Å²) in [6, 6.07) is 26.4. The lowest BCUT2D eigenvalue weighted by molar-refractivity contribution is -0.384. The number of nitro groups is 1. The zero-order valence-corrected chi connectivity index (χ0v) is 21.9. The van der Waals surface area contributed by atoms with Crippen LogP contribution in [0, 0.1) is 16.0 Å². The maximum absolute atomic E-state index is 13.8. The van der Waals surface area contributed by atoms with Crippen LogP contribution in [0.1, 0.15) is 22.0 Å². The number of rotatable bonds is 6. The van der Waals surface area contributed by atoms with Crippen molar-refractivity contribution >= 4 is 46.4 Å². The zero-order valence-electron chi connectivity index (χ0n) is 21.1. The van der Waals surface area contributed by atoms with E-state index in [1.54, 1.807) is 84.9 Å². The molecule has 2 heterocycles. The lowest BCUT2D eigenvalue weighted by Gasteiger charge is -2.29. The molecule has 41 heavy (non-hydrogen) atoms. The maximum Gasteiger partial charge on any atom is 0.343 e. The van der Waals surface area contributed by atoms with Gasteiger partial charge in [0.25, 0.3) is 11.6 Å². The number of esters is 1. The second-order valence-electron chi connectivity index (χ2n) is 9.39. The van der Waals surface area contributed by atoms with E-state index in [0.717, 1.165) is 4.90 Å². The smallest absolute Gasteiger partial charge is 0.343 e. The summed E-state index contributed by atoms with van der Waals surface area (Å²) in [4.78, 5) is 57.8. The van der Waals surface area contributed by atoms with Gasteiger partial charge in [0, 0.05) is 12.1 Å². The first-order chi connectivity index (χ1) is 19.8. The number of fused-ring (bicyclic) bond motifs is 1. The third-order valence-electron chi connectivity index (χ3n) is 6.95. The van der Waals surface area contributed by atoms with E-state index < -0.39 is 40.8 Å². The van der Waals surface area contributed by atoms with Gasteiger partial charge in [-0.05, 0) is 48.0 Å². The quantitative estimate of drug-likeness (QED) is 0.0979. The normalized spacial score (nSPS) is 19.8. The van der Waals surface area contributed by atoms with Crippen molar-refractivity contribution < 1.29 is 28.9 Å². The molecule has 4 aromatic rings. The number of anilines is 2. The molecular weight excluding hydrogens is 550 g/mol. The molecule has 10 nitrogen and oxygen atoms in total. The Bertz CT molecular complexity index is 1680. The molecule has 4 aromatic carbocycles. The fourth-order valence-electron chi connectivity index (χ4n) is 5.06. The Labute approximate surface area is 238 Å². The molecule has 0 saturated carbocycles. The molecular formula is C30H20ClN3O7. The minimum absolute atomic E-state index is 0.180. The monoisotopic (exact) mass is 569 g/mol. The Morgan fingerprint density at radius 2 is 1.59 bits per heavy atom. The van der Waals surface area contributed by atoms with Gasteiger partial charge in [0.2, 0.25) is 5.91 Å². The van der Waals surface area contributed by atoms with Crippen molar-refractivity contribution in [1.29, 1.82) is 0 Å². The molecule has 0 bridgehead atoms. The summed E-state index contributed by atoms with van der Waals surface area (Å²) in [5.74, 6) is -2.37. The first kappa shape index (κ1) is 26.2. The summed E-state index contributed by atoms with van der Waals surface area (Å²) in [6.07, 6.45) is -1.20. The molecule has 2 amide bonds. The van der Waals surface area contributed by atoms with Crippen LogP contribution in [-0.2, 0) is 14.4 Å². The number of imide groups is 1. The number of hydrogen-bond acceptors (Lipinski definition) is 8. The number of nitrogens with zero attached hydrogens (tertiary/aromatic N) is 3. The highest BCUT2D eigenvalue weighted by atomic mass is 35.5. The van der Waals surface area contributed by atoms with Gasteiger partial charge in [-0.25, -0.2) is 14.8 Å². The lowest BCUT2D eigenvalue weighted by Crippen LogP contribution is -2.37. The Morgan fingerprint density at radius 3 is 2.29 bits per heavy atom. The van der Waals surface area contributed by atoms with Crippen LogP contribution >= 0.6 is 11.6 Å². The van der Waals surface area contributed by atoms with Crippen LogP contribution < -0.4 is 14.7 Å². The molecule has 6 rings (SSSR count). The SMILES string of the molecule is O=C(Oc1ccc([C@@H]2[C@H]3C(=O)N(c4ccccc4Cl)C(=O)[C@H]3ON2c2cccc([N+](=O)[O-])c2)cc1)c1ccccc1. The molecule has 204 valence electrons. The van der Waals surface area contributed by atoms with Gasteiger partial charge in [-0.3, -0.25) is 24.5 Å². The number of non-ortho nitro benzene ring substituents is 1. The van der Waals surface area contributed by atoms with Gasteiger partial charge in [0.15, 0.2) is 6.10 Å². The van der Waals surface area contributed by atoms with E-state index in [1.807, 2.05) is 0 Å². The Hall–Kier alpha value is -5.06. The number of carbonyl (C=O) groups is 3. The number of benzene rings is 4. The standard InChI is InChI=1S/C30H20ClN3O7/c31-23-11-4-5-12-24(23)32-28(35)25-26(18-13-15-22(16-14-18)40-30(37)19-7-2-1-3-8-19)33(41-27(25)29(32)36)20-9-6-10-21(17-20)34(38)39/h1-17,25-27H/t25-,26-,27+/m1/s1. The maximum atomic E-state index is 13.8. The van der Waals surface area contributed by atoms with E-state index in [-0.39, 0.29) is 22.1 Å². The van der Waals surface area contributed by atoms with Crippen LogP contribution in [0.3, 0.4) is 0 Å². The lowest BCUT2D eigenvalue weighted by atomic mass is 9.90. The topological polar surface area (TPSA) is 119 Å². The van der Waals surface area contributed by atoms with E-state index in [1.165, 1.54) is 23.3 Å². The van der Waals surface area contributed by atoms with E-state index in [2.05, 4.69) is 0 Å². The number of hydrogen-bond donors (Lipinski definition) is 0. The molecule has 11 heteroatoms. The third-order valence-corrected chi connectivity index (χ3v) is 7.27. The predicted octanol–water partition coefficient (Wildman–Crippen LogP) is 5.52. The van der Waals surface area contributed by atoms with Crippen molar-refractivity contribution in [3.63, 3.8) is 0 Å². The van der Waals surface area contributed by atoms with Crippen molar-refractivity contribution in [1.82, 2.24) is 0 Å². The van der Waals surface area contributed by atoms with Crippen LogP contribution in [0.2, 0.25) is 5.02 Å². The highest BCUT2D eigenvalue weighted by molar-refractivity contribution is 6.36. The van der Waals surface area contributed by atoms with E-state index in [9.17, 15) is 24.5 Å². The molecule has 0 aliphatic carbocycles. The minimum atomic E-state index is -1.20. The number of nitro benzene ring substituents is 1. The number of carbonyl (C=O) groups excluding carboxylic acids is 3. The second-order valence-corrected chi connectivity index (χ2v) is 9.79. The number of ether oxygens (including phenoxy) is 1. The predicted molar refractivity (Wildman–Crippen MR) is 148 cm³/mol. The number of para-hydroxylation sites is 1. The van der Waals surface area contributed by atoms with Crippen LogP contribution in [-0.4, -0.2) is 28.8 Å². The van der Waals surface area contributed by atoms with Crippen molar-refractivity contribution in [2.45, 2.75) is 12.1 Å². The van der Waals surface area contributed by atoms with Gasteiger partial charge in [-0.15, -0.1) is 0 Å². The Morgan fingerprint density at radius 1 is 0.878 bits per heavy atom. The van der Waals surface area contributed by atoms with Gasteiger partial charge in [-0.2, -0.15) is 0 Å². The molecule has 0 unspecified atom stereocenters. The van der Waals surface area contributed by atoms with E-state index in [0.29, 0.717) is 16.8 Å². The van der Waals surface area contributed by atoms with Gasteiger partial charge in [0.1, 0.15) is 11.7 Å². The summed E-state index contributed by atoms with van der Waals surface area (Å²) in [6.45, 7) is 0. The average molecular weight is 570 g/mol. The van der Waals surface area contributed by atoms with Crippen LogP contribution in [0.25, 0.3) is 0 Å². The van der Waals surface area contributed by atoms with E-state index >= 15 is 0 Å². The largest absolute Gasteiger partial charge is 0.423 e. The molecule has 0 radical (unpaired) electrons. The highest BCUT2D eigenvalue weighted by Gasteiger charge is 2.60. The summed E-state index contributed by atoms with van der Waals surface area (Å²) < 4.78 is 5.48. The van der Waals surface area contributed by atoms with Crippen LogP contribution in [0.4, 0.5) is 17.1 Å². The first-order valence-corrected chi connectivity index (χ1v) is 12.9. The van der Waals surface area contributed by atoms with Crippen molar-refractivity contribution in [3.05, 3.63) is 129 Å². The van der Waals surface area contributed by atoms with Gasteiger partial charge in [0.05, 0.1) is 32.9 Å². The van der Waals surface area contributed by atoms with E-state index in [4.69, 9.17) is 21.2 Å². The van der Waals surface area contributed by atoms with Gasteiger partial charge in [-0.1, -0.05) is 60.1 Å². The van der Waals surface area contributed by atoms with Gasteiger partial charge >= 0.3 is 5.97 Å². The van der Waals surface area contributed by atoms with Crippen LogP contribution in [0.5, 0.6) is 5.75 Å². The van der Waals surface area contributed by atoms with Crippen molar-refractivity contribution in [2.75, 3.05) is 9.96 Å². The molecule has 2 aliphatic rings. The molecule has 2 fully saturated rings. The van der Waals surface area contributed by atoms with Gasteiger partial charge < -0.3 is 4.74 Å². The molecule has 0 N–H and O–H groups in total. The number of amides is 2. The number of halogens is 1.